The minimum Gasteiger partial charge on any atom is -0.358 e. The fraction of sp³-hybridized carbons (Fsp3) is 0.727. The van der Waals surface area contributed by atoms with Gasteiger partial charge in [0, 0.05) is 13.1 Å². The zero-order valence-corrected chi connectivity index (χ0v) is 9.11. The summed E-state index contributed by atoms with van der Waals surface area (Å²) in [6.07, 6.45) is 6.02. The summed E-state index contributed by atoms with van der Waals surface area (Å²) < 4.78 is 0. The summed E-state index contributed by atoms with van der Waals surface area (Å²) in [7, 11) is 0. The molecule has 1 aliphatic heterocycles. The first-order chi connectivity index (χ1) is 7.33. The lowest BCUT2D eigenvalue weighted by atomic mass is 10.0. The van der Waals surface area contributed by atoms with Crippen molar-refractivity contribution in [2.45, 2.75) is 32.6 Å². The molecular formula is C11H16N4. The minimum atomic E-state index is -0.234. The Morgan fingerprint density at radius 1 is 1.33 bits per heavy atom. The smallest absolute Gasteiger partial charge is 0.207 e. The zero-order valence-electron chi connectivity index (χ0n) is 9.11. The van der Waals surface area contributed by atoms with E-state index in [-0.39, 0.29) is 5.92 Å². The normalized spacial score (nSPS) is 19.1. The van der Waals surface area contributed by atoms with Crippen molar-refractivity contribution in [3.8, 4) is 12.3 Å². The first-order valence-electron chi connectivity index (χ1n) is 5.44. The molecule has 0 spiro atoms. The average Bonchev–Trinajstić information content (AvgIpc) is 2.30. The molecule has 1 heterocycles. The Balaban J connectivity index is 2.78. The Labute approximate surface area is 90.8 Å². The summed E-state index contributed by atoms with van der Waals surface area (Å²) in [4.78, 5) is 5.90. The van der Waals surface area contributed by atoms with Gasteiger partial charge in [0.05, 0.1) is 6.07 Å². The van der Waals surface area contributed by atoms with Crippen LogP contribution in [0.2, 0.25) is 0 Å². The first kappa shape index (κ1) is 11.5. The van der Waals surface area contributed by atoms with Crippen LogP contribution in [-0.2, 0) is 0 Å². The van der Waals surface area contributed by atoms with Crippen molar-refractivity contribution in [3.05, 3.63) is 0 Å². The lowest BCUT2D eigenvalue weighted by Crippen LogP contribution is -2.39. The number of aliphatic imine (C=N–C) groups is 1. The number of hydrogen-bond donors (Lipinski definition) is 0. The Bertz CT molecular complexity index is 302. The predicted molar refractivity (Wildman–Crippen MR) is 57.9 cm³/mol. The molecular weight excluding hydrogens is 188 g/mol. The van der Waals surface area contributed by atoms with Crippen LogP contribution in [0.25, 0.3) is 0 Å². The molecule has 0 aromatic rings. The van der Waals surface area contributed by atoms with E-state index < -0.39 is 0 Å². The molecule has 1 saturated heterocycles. The van der Waals surface area contributed by atoms with Gasteiger partial charge >= 0.3 is 0 Å². The largest absolute Gasteiger partial charge is 0.358 e. The molecule has 4 nitrogen and oxygen atoms in total. The fourth-order valence-corrected chi connectivity index (χ4v) is 1.87. The lowest BCUT2D eigenvalue weighted by Gasteiger charge is -2.30. The van der Waals surface area contributed by atoms with E-state index in [0.29, 0.717) is 12.3 Å². The van der Waals surface area contributed by atoms with Crippen LogP contribution in [0.4, 0.5) is 0 Å². The molecule has 0 aromatic carbocycles. The Morgan fingerprint density at radius 3 is 2.47 bits per heavy atom. The van der Waals surface area contributed by atoms with Crippen molar-refractivity contribution in [1.29, 1.82) is 10.5 Å². The topological polar surface area (TPSA) is 63.2 Å². The van der Waals surface area contributed by atoms with E-state index in [0.717, 1.165) is 25.9 Å². The number of piperidine rings is 1. The molecule has 1 unspecified atom stereocenters. The van der Waals surface area contributed by atoms with E-state index in [9.17, 15) is 0 Å². The molecule has 0 N–H and O–H groups in total. The maximum Gasteiger partial charge on any atom is 0.207 e. The monoisotopic (exact) mass is 204 g/mol. The molecule has 1 atom stereocenters. The Kier molecular flexibility index (Phi) is 4.63. The van der Waals surface area contributed by atoms with Gasteiger partial charge in [-0.3, -0.25) is 0 Å². The summed E-state index contributed by atoms with van der Waals surface area (Å²) in [6, 6.07) is 2.21. The van der Waals surface area contributed by atoms with Gasteiger partial charge in [-0.2, -0.15) is 15.5 Å². The van der Waals surface area contributed by atoms with E-state index in [4.69, 9.17) is 10.5 Å². The Morgan fingerprint density at radius 2 is 2.00 bits per heavy atom. The van der Waals surface area contributed by atoms with Crippen molar-refractivity contribution in [2.24, 2.45) is 10.9 Å². The van der Waals surface area contributed by atoms with Gasteiger partial charge in [0.25, 0.3) is 0 Å². The molecule has 0 bridgehead atoms. The standard InChI is InChI=1S/C11H16N4/c1-2-10(8-12)11(14-9-13)15-6-4-3-5-7-15/h10H,2-7H2,1H3. The zero-order chi connectivity index (χ0) is 11.1. The molecule has 1 rings (SSSR count). The molecule has 0 saturated carbocycles. The summed E-state index contributed by atoms with van der Waals surface area (Å²) in [6.45, 7) is 3.81. The van der Waals surface area contributed by atoms with Gasteiger partial charge in [0.15, 0.2) is 0 Å². The SMILES string of the molecule is CCC(C#N)C(=NC#N)N1CCCCC1. The average molecular weight is 204 g/mol. The molecule has 1 fully saturated rings. The highest BCUT2D eigenvalue weighted by Crippen LogP contribution is 2.15. The molecule has 4 heteroatoms. The number of hydrogen-bond acceptors (Lipinski definition) is 3. The highest BCUT2D eigenvalue weighted by molar-refractivity contribution is 5.87. The van der Waals surface area contributed by atoms with E-state index in [1.807, 2.05) is 13.1 Å². The maximum absolute atomic E-state index is 8.99. The van der Waals surface area contributed by atoms with E-state index >= 15 is 0 Å². The lowest BCUT2D eigenvalue weighted by molar-refractivity contribution is 0.331. The van der Waals surface area contributed by atoms with E-state index in [2.05, 4.69) is 16.0 Å². The van der Waals surface area contributed by atoms with E-state index in [1.165, 1.54) is 6.42 Å². The third kappa shape index (κ3) is 2.95. The van der Waals surface area contributed by atoms with Crippen LogP contribution >= 0.6 is 0 Å². The highest BCUT2D eigenvalue weighted by Gasteiger charge is 2.22. The van der Waals surface area contributed by atoms with Gasteiger partial charge < -0.3 is 4.90 Å². The second kappa shape index (κ2) is 6.03. The van der Waals surface area contributed by atoms with Crippen molar-refractivity contribution in [3.63, 3.8) is 0 Å². The Hall–Kier alpha value is -1.55. The van der Waals surface area contributed by atoms with Crippen LogP contribution in [0.5, 0.6) is 0 Å². The van der Waals surface area contributed by atoms with Gasteiger partial charge in [-0.15, -0.1) is 0 Å². The van der Waals surface area contributed by atoms with E-state index in [1.54, 1.807) is 0 Å². The summed E-state index contributed by atoms with van der Waals surface area (Å²) in [5, 5.41) is 17.6. The van der Waals surface area contributed by atoms with Crippen LogP contribution in [0, 0.1) is 28.7 Å². The molecule has 0 aromatic heterocycles. The van der Waals surface area contributed by atoms with Gasteiger partial charge in [-0.1, -0.05) is 6.92 Å². The van der Waals surface area contributed by atoms with Crippen LogP contribution in [0.15, 0.2) is 4.99 Å². The number of likely N-dealkylation sites (tertiary alicyclic amines) is 1. The van der Waals surface area contributed by atoms with Gasteiger partial charge in [0.1, 0.15) is 11.8 Å². The molecule has 1 aliphatic rings. The second-order valence-corrected chi connectivity index (χ2v) is 3.71. The van der Waals surface area contributed by atoms with Crippen molar-refractivity contribution < 1.29 is 0 Å². The molecule has 0 radical (unpaired) electrons. The van der Waals surface area contributed by atoms with Gasteiger partial charge in [0.2, 0.25) is 6.19 Å². The third-order valence-electron chi connectivity index (χ3n) is 2.72. The molecule has 0 amide bonds. The van der Waals surface area contributed by atoms with Crippen LogP contribution < -0.4 is 0 Å². The van der Waals surface area contributed by atoms with Crippen LogP contribution in [0.3, 0.4) is 0 Å². The molecule has 80 valence electrons. The number of rotatable bonds is 2. The number of nitriles is 2. The predicted octanol–water partition coefficient (Wildman–Crippen LogP) is 1.90. The number of nitrogens with zero attached hydrogens (tertiary/aromatic N) is 4. The summed E-state index contributed by atoms with van der Waals surface area (Å²) in [5.41, 5.74) is 0. The van der Waals surface area contributed by atoms with Crippen LogP contribution in [-0.4, -0.2) is 23.8 Å². The second-order valence-electron chi connectivity index (χ2n) is 3.71. The maximum atomic E-state index is 8.99. The quantitative estimate of drug-likeness (QED) is 0.392. The van der Waals surface area contributed by atoms with Crippen molar-refractivity contribution >= 4 is 5.84 Å². The van der Waals surface area contributed by atoms with Crippen molar-refractivity contribution in [1.82, 2.24) is 4.90 Å². The molecule has 15 heavy (non-hydrogen) atoms. The first-order valence-corrected chi connectivity index (χ1v) is 5.44. The highest BCUT2D eigenvalue weighted by atomic mass is 15.2. The number of amidine groups is 1. The van der Waals surface area contributed by atoms with Crippen molar-refractivity contribution in [2.75, 3.05) is 13.1 Å². The minimum absolute atomic E-state index is 0.234. The van der Waals surface area contributed by atoms with Crippen LogP contribution in [0.1, 0.15) is 32.6 Å². The third-order valence-corrected chi connectivity index (χ3v) is 2.72. The molecule has 0 aliphatic carbocycles. The van der Waals surface area contributed by atoms with Gasteiger partial charge in [-0.25, -0.2) is 0 Å². The fourth-order valence-electron chi connectivity index (χ4n) is 1.87. The summed E-state index contributed by atoms with van der Waals surface area (Å²) >= 11 is 0. The summed E-state index contributed by atoms with van der Waals surface area (Å²) in [5.74, 6) is 0.435. The van der Waals surface area contributed by atoms with Gasteiger partial charge in [-0.05, 0) is 25.7 Å².